The monoisotopic (exact) mass is 191 g/mol. The second-order valence-corrected chi connectivity index (χ2v) is 3.57. The second-order valence-electron chi connectivity index (χ2n) is 3.57. The van der Waals surface area contributed by atoms with Gasteiger partial charge in [-0.1, -0.05) is 38.1 Å². The van der Waals surface area contributed by atoms with E-state index in [0.29, 0.717) is 18.2 Å². The molecule has 1 aromatic carbocycles. The number of aromatic hydroxyl groups is 1. The number of allylic oxidation sites excluding steroid dienone is 1. The van der Waals surface area contributed by atoms with Crippen molar-refractivity contribution in [2.75, 3.05) is 6.54 Å². The number of hydrogen-bond acceptors (Lipinski definition) is 2. The van der Waals surface area contributed by atoms with Crippen LogP contribution in [0.1, 0.15) is 19.4 Å². The summed E-state index contributed by atoms with van der Waals surface area (Å²) >= 11 is 0. The van der Waals surface area contributed by atoms with Crippen LogP contribution in [0.4, 0.5) is 0 Å². The van der Waals surface area contributed by atoms with E-state index in [1.54, 1.807) is 6.07 Å². The van der Waals surface area contributed by atoms with E-state index in [9.17, 15) is 5.11 Å². The van der Waals surface area contributed by atoms with E-state index < -0.39 is 0 Å². The first-order chi connectivity index (χ1) is 6.66. The molecule has 0 aromatic heterocycles. The first-order valence-electron chi connectivity index (χ1n) is 4.85. The molecule has 1 aromatic rings. The van der Waals surface area contributed by atoms with Gasteiger partial charge in [0.25, 0.3) is 0 Å². The van der Waals surface area contributed by atoms with Gasteiger partial charge in [-0.25, -0.2) is 0 Å². The molecule has 0 amide bonds. The van der Waals surface area contributed by atoms with Crippen molar-refractivity contribution < 1.29 is 5.11 Å². The van der Waals surface area contributed by atoms with Crippen molar-refractivity contribution in [2.24, 2.45) is 11.7 Å². The van der Waals surface area contributed by atoms with Gasteiger partial charge in [0.05, 0.1) is 0 Å². The molecule has 0 saturated heterocycles. The van der Waals surface area contributed by atoms with Crippen molar-refractivity contribution in [3.8, 4) is 5.75 Å². The molecule has 0 spiro atoms. The molecule has 1 rings (SSSR count). The number of benzene rings is 1. The lowest BCUT2D eigenvalue weighted by Crippen LogP contribution is -2.00. The van der Waals surface area contributed by atoms with E-state index in [-0.39, 0.29) is 0 Å². The van der Waals surface area contributed by atoms with Crippen LogP contribution in [-0.4, -0.2) is 11.7 Å². The summed E-state index contributed by atoms with van der Waals surface area (Å²) in [6.45, 7) is 4.68. The highest BCUT2D eigenvalue weighted by Crippen LogP contribution is 2.29. The topological polar surface area (TPSA) is 46.2 Å². The van der Waals surface area contributed by atoms with Crippen molar-refractivity contribution in [1.82, 2.24) is 0 Å². The van der Waals surface area contributed by atoms with Crippen molar-refractivity contribution in [3.63, 3.8) is 0 Å². The molecule has 2 nitrogen and oxygen atoms in total. The zero-order valence-corrected chi connectivity index (χ0v) is 8.70. The van der Waals surface area contributed by atoms with Gasteiger partial charge in [0.2, 0.25) is 0 Å². The molecule has 0 saturated carbocycles. The fraction of sp³-hybridized carbons (Fsp3) is 0.333. The van der Waals surface area contributed by atoms with Crippen LogP contribution in [0, 0.1) is 5.92 Å². The van der Waals surface area contributed by atoms with E-state index in [4.69, 9.17) is 5.73 Å². The Hall–Kier alpha value is -1.28. The van der Waals surface area contributed by atoms with E-state index in [1.165, 1.54) is 0 Å². The molecule has 0 atom stereocenters. The molecule has 14 heavy (non-hydrogen) atoms. The maximum absolute atomic E-state index is 9.67. The molecule has 0 aliphatic heterocycles. The molecule has 0 heterocycles. The van der Waals surface area contributed by atoms with Gasteiger partial charge < -0.3 is 10.8 Å². The molecule has 0 radical (unpaired) electrons. The highest BCUT2D eigenvalue weighted by molar-refractivity contribution is 5.71. The average molecular weight is 191 g/mol. The van der Waals surface area contributed by atoms with Crippen LogP contribution < -0.4 is 5.73 Å². The van der Waals surface area contributed by atoms with E-state index >= 15 is 0 Å². The second kappa shape index (κ2) is 4.82. The van der Waals surface area contributed by atoms with Crippen LogP contribution in [0.25, 0.3) is 5.57 Å². The van der Waals surface area contributed by atoms with Gasteiger partial charge in [-0.15, -0.1) is 0 Å². The molecular weight excluding hydrogens is 174 g/mol. The lowest BCUT2D eigenvalue weighted by molar-refractivity contribution is 0.473. The smallest absolute Gasteiger partial charge is 0.123 e. The minimum Gasteiger partial charge on any atom is -0.507 e. The highest BCUT2D eigenvalue weighted by Gasteiger charge is 2.09. The lowest BCUT2D eigenvalue weighted by atomic mass is 9.94. The van der Waals surface area contributed by atoms with Gasteiger partial charge >= 0.3 is 0 Å². The Morgan fingerprint density at radius 2 is 2.07 bits per heavy atom. The Morgan fingerprint density at radius 1 is 1.43 bits per heavy atom. The Kier molecular flexibility index (Phi) is 3.72. The molecule has 0 aliphatic carbocycles. The van der Waals surface area contributed by atoms with Gasteiger partial charge in [0, 0.05) is 12.1 Å². The fourth-order valence-electron chi connectivity index (χ4n) is 1.50. The summed E-state index contributed by atoms with van der Waals surface area (Å²) in [6, 6.07) is 7.35. The number of hydrogen-bond donors (Lipinski definition) is 2. The van der Waals surface area contributed by atoms with Crippen molar-refractivity contribution in [1.29, 1.82) is 0 Å². The number of phenolic OH excluding ortho intramolecular Hbond substituents is 1. The van der Waals surface area contributed by atoms with Gasteiger partial charge in [-0.05, 0) is 17.6 Å². The zero-order valence-electron chi connectivity index (χ0n) is 8.70. The number of phenols is 1. The molecule has 0 bridgehead atoms. The third-order valence-corrected chi connectivity index (χ3v) is 2.17. The highest BCUT2D eigenvalue weighted by atomic mass is 16.3. The maximum atomic E-state index is 9.67. The Bertz CT molecular complexity index is 329. The van der Waals surface area contributed by atoms with Crippen LogP contribution in [0.5, 0.6) is 5.75 Å². The van der Waals surface area contributed by atoms with Crippen molar-refractivity contribution in [2.45, 2.75) is 13.8 Å². The molecule has 0 unspecified atom stereocenters. The molecular formula is C12H17NO. The number of para-hydroxylation sites is 1. The summed E-state index contributed by atoms with van der Waals surface area (Å²) in [4.78, 5) is 0. The number of rotatable bonds is 3. The standard InChI is InChI=1S/C12H17NO/c1-9(2)10(7-8-13)11-5-3-4-6-12(11)14/h3-7,9,14H,8,13H2,1-2H3/b10-7-. The van der Waals surface area contributed by atoms with Crippen LogP contribution in [-0.2, 0) is 0 Å². The summed E-state index contributed by atoms with van der Waals surface area (Å²) in [6.07, 6.45) is 1.96. The summed E-state index contributed by atoms with van der Waals surface area (Å²) in [5, 5.41) is 9.67. The summed E-state index contributed by atoms with van der Waals surface area (Å²) in [5.74, 6) is 0.688. The predicted molar refractivity (Wildman–Crippen MR) is 60.0 cm³/mol. The first kappa shape index (κ1) is 10.8. The molecule has 0 aliphatic rings. The van der Waals surface area contributed by atoms with Crippen LogP contribution in [0.3, 0.4) is 0 Å². The fourth-order valence-corrected chi connectivity index (χ4v) is 1.50. The van der Waals surface area contributed by atoms with Gasteiger partial charge in [0.15, 0.2) is 0 Å². The van der Waals surface area contributed by atoms with Crippen LogP contribution >= 0.6 is 0 Å². The Balaban J connectivity index is 3.12. The van der Waals surface area contributed by atoms with Gasteiger partial charge in [-0.3, -0.25) is 0 Å². The minimum absolute atomic E-state index is 0.320. The summed E-state index contributed by atoms with van der Waals surface area (Å²) in [7, 11) is 0. The molecule has 0 fully saturated rings. The Morgan fingerprint density at radius 3 is 2.57 bits per heavy atom. The molecule has 3 N–H and O–H groups in total. The lowest BCUT2D eigenvalue weighted by Gasteiger charge is -2.12. The van der Waals surface area contributed by atoms with E-state index in [0.717, 1.165) is 11.1 Å². The SMILES string of the molecule is CC(C)/C(=C/CN)c1ccccc1O. The van der Waals surface area contributed by atoms with Crippen molar-refractivity contribution >= 4 is 5.57 Å². The quantitative estimate of drug-likeness (QED) is 0.770. The maximum Gasteiger partial charge on any atom is 0.123 e. The van der Waals surface area contributed by atoms with Crippen LogP contribution in [0.15, 0.2) is 30.3 Å². The van der Waals surface area contributed by atoms with Gasteiger partial charge in [0.1, 0.15) is 5.75 Å². The molecule has 76 valence electrons. The Labute approximate surface area is 85.1 Å². The minimum atomic E-state index is 0.320. The normalized spacial score (nSPS) is 12.1. The zero-order chi connectivity index (χ0) is 10.6. The largest absolute Gasteiger partial charge is 0.507 e. The average Bonchev–Trinajstić information content (AvgIpc) is 2.15. The third kappa shape index (κ3) is 2.36. The van der Waals surface area contributed by atoms with Gasteiger partial charge in [-0.2, -0.15) is 0 Å². The van der Waals surface area contributed by atoms with E-state index in [1.807, 2.05) is 24.3 Å². The summed E-state index contributed by atoms with van der Waals surface area (Å²) < 4.78 is 0. The molecule has 2 heteroatoms. The summed E-state index contributed by atoms with van der Waals surface area (Å²) in [5.41, 5.74) is 7.48. The van der Waals surface area contributed by atoms with E-state index in [2.05, 4.69) is 13.8 Å². The number of nitrogens with two attached hydrogens (primary N) is 1. The predicted octanol–water partition coefficient (Wildman–Crippen LogP) is 2.39. The third-order valence-electron chi connectivity index (χ3n) is 2.17. The first-order valence-corrected chi connectivity index (χ1v) is 4.85. The van der Waals surface area contributed by atoms with Crippen molar-refractivity contribution in [3.05, 3.63) is 35.9 Å². The van der Waals surface area contributed by atoms with Crippen LogP contribution in [0.2, 0.25) is 0 Å².